The van der Waals surface area contributed by atoms with Crippen molar-refractivity contribution in [2.75, 3.05) is 19.6 Å². The number of rotatable bonds is 8. The number of hydrogen-bond acceptors (Lipinski definition) is 6. The maximum absolute atomic E-state index is 13.6. The molecule has 1 aliphatic heterocycles. The number of aromatic nitrogens is 1. The number of nitrogens with zero attached hydrogens (tertiary/aromatic N) is 2. The van der Waals surface area contributed by atoms with E-state index >= 15 is 0 Å². The maximum Gasteiger partial charge on any atom is 0.422 e. The van der Waals surface area contributed by atoms with Gasteiger partial charge in [-0.25, -0.2) is 9.52 Å². The fraction of sp³-hybridized carbons (Fsp3) is 0.577. The van der Waals surface area contributed by atoms with Crippen LogP contribution in [0.5, 0.6) is 0 Å². The molecule has 216 valence electrons. The van der Waals surface area contributed by atoms with Crippen molar-refractivity contribution in [3.63, 3.8) is 0 Å². The van der Waals surface area contributed by atoms with Crippen LogP contribution in [0.3, 0.4) is 0 Å². The van der Waals surface area contributed by atoms with E-state index in [0.29, 0.717) is 42.9 Å². The van der Waals surface area contributed by atoms with Crippen molar-refractivity contribution in [3.05, 3.63) is 34.5 Å². The quantitative estimate of drug-likeness (QED) is 0.407. The number of fused-ring (bicyclic) bond motifs is 1. The van der Waals surface area contributed by atoms with Crippen LogP contribution in [0.2, 0.25) is 5.02 Å². The van der Waals surface area contributed by atoms with Crippen LogP contribution in [0.25, 0.3) is 10.9 Å². The van der Waals surface area contributed by atoms with Crippen molar-refractivity contribution in [1.29, 1.82) is 0 Å². The van der Waals surface area contributed by atoms with Crippen molar-refractivity contribution >= 4 is 50.6 Å². The zero-order valence-corrected chi connectivity index (χ0v) is 24.9. The second-order valence-corrected chi connectivity index (χ2v) is 13.1. The maximum atomic E-state index is 13.6. The highest BCUT2D eigenvalue weighted by molar-refractivity contribution is 7.87. The molecular weight excluding hydrogens is 546 g/mol. The fourth-order valence-corrected chi connectivity index (χ4v) is 6.21. The fourth-order valence-electron chi connectivity index (χ4n) is 4.83. The van der Waals surface area contributed by atoms with Crippen LogP contribution < -0.4 is 15.4 Å². The third kappa shape index (κ3) is 7.64. The van der Waals surface area contributed by atoms with E-state index in [-0.39, 0.29) is 24.9 Å². The Hall–Kier alpha value is -2.83. The number of aryl methyl sites for hydroxylation is 2. The molecule has 1 fully saturated rings. The smallest absolute Gasteiger partial charge is 0.422 e. The van der Waals surface area contributed by atoms with Gasteiger partial charge in [0.2, 0.25) is 5.91 Å². The molecule has 3 amide bonds. The number of hydrogen-bond donors (Lipinski definition) is 3. The highest BCUT2D eigenvalue weighted by Gasteiger charge is 2.41. The molecule has 11 nitrogen and oxygen atoms in total. The van der Waals surface area contributed by atoms with Gasteiger partial charge in [0.25, 0.3) is 5.91 Å². The van der Waals surface area contributed by atoms with Gasteiger partial charge in [-0.05, 0) is 71.1 Å². The van der Waals surface area contributed by atoms with Gasteiger partial charge >= 0.3 is 16.3 Å². The average molecular weight is 584 g/mol. The minimum Gasteiger partial charge on any atom is -0.443 e. The lowest BCUT2D eigenvalue weighted by molar-refractivity contribution is -0.119. The van der Waals surface area contributed by atoms with Crippen LogP contribution in [0.15, 0.2) is 18.2 Å². The lowest BCUT2D eigenvalue weighted by atomic mass is 9.85. The van der Waals surface area contributed by atoms with Crippen LogP contribution in [0.1, 0.15) is 69.4 Å². The Balaban J connectivity index is 1.88. The van der Waals surface area contributed by atoms with Gasteiger partial charge in [-0.1, -0.05) is 17.7 Å². The number of piperidine rings is 1. The molecule has 2 aromatic rings. The summed E-state index contributed by atoms with van der Waals surface area (Å²) >= 11 is 6.50. The average Bonchev–Trinajstić information content (AvgIpc) is 3.15. The van der Waals surface area contributed by atoms with Crippen molar-refractivity contribution in [2.45, 2.75) is 71.4 Å². The Bertz CT molecular complexity index is 1370. The molecule has 1 aromatic heterocycles. The minimum atomic E-state index is -4.24. The van der Waals surface area contributed by atoms with Crippen LogP contribution in [0.4, 0.5) is 4.79 Å². The Labute approximate surface area is 234 Å². The highest BCUT2D eigenvalue weighted by atomic mass is 35.5. The predicted molar refractivity (Wildman–Crippen MR) is 150 cm³/mol. The Kier molecular flexibility index (Phi) is 9.24. The van der Waals surface area contributed by atoms with Crippen LogP contribution in [-0.2, 0) is 26.8 Å². The molecule has 0 saturated carbocycles. The molecule has 0 aliphatic carbocycles. The molecule has 1 saturated heterocycles. The first kappa shape index (κ1) is 30.7. The second-order valence-electron chi connectivity index (χ2n) is 11.1. The molecule has 0 bridgehead atoms. The summed E-state index contributed by atoms with van der Waals surface area (Å²) in [6.45, 7) is 8.71. The lowest BCUT2D eigenvalue weighted by Crippen LogP contribution is -2.61. The summed E-state index contributed by atoms with van der Waals surface area (Å²) in [5.74, 6) is -0.550. The summed E-state index contributed by atoms with van der Waals surface area (Å²) in [4.78, 5) is 37.2. The Morgan fingerprint density at radius 1 is 1.21 bits per heavy atom. The molecule has 39 heavy (non-hydrogen) atoms. The number of halogens is 1. The molecule has 3 rings (SSSR count). The molecule has 1 unspecified atom stereocenters. The van der Waals surface area contributed by atoms with E-state index in [4.69, 9.17) is 16.3 Å². The summed E-state index contributed by atoms with van der Waals surface area (Å²) in [5.41, 5.74) is 0.257. The van der Waals surface area contributed by atoms with Crippen molar-refractivity contribution in [3.8, 4) is 0 Å². The predicted octanol–water partition coefficient (Wildman–Crippen LogP) is 3.39. The van der Waals surface area contributed by atoms with Gasteiger partial charge in [-0.15, -0.1) is 0 Å². The summed E-state index contributed by atoms with van der Waals surface area (Å²) in [6.07, 6.45) is 0.807. The highest BCUT2D eigenvalue weighted by Crippen LogP contribution is 2.31. The van der Waals surface area contributed by atoms with E-state index in [0.717, 1.165) is 20.8 Å². The third-order valence-corrected chi connectivity index (χ3v) is 8.58. The monoisotopic (exact) mass is 583 g/mol. The zero-order valence-electron chi connectivity index (χ0n) is 23.3. The number of ether oxygens (including phenoxy) is 1. The molecule has 1 atom stereocenters. The molecule has 1 aliphatic rings. The standard InChI is InChI=1S/C26H38ClN5O6S/c1-17-9-10-20-19(22(17)27)15-21(31(20)6)23(34)29-26(11-7-13-28-18(2)33)12-8-14-32(16-26)39(36,37)30-24(35)38-25(3,4)5/h9-10,15H,7-8,11-14,16H2,1-6H3,(H,28,33)(H,29,34)(H,30,35). The lowest BCUT2D eigenvalue weighted by Gasteiger charge is -2.42. The van der Waals surface area contributed by atoms with E-state index in [1.54, 1.807) is 38.5 Å². The number of nitrogens with one attached hydrogen (secondary N) is 3. The molecule has 0 radical (unpaired) electrons. The molecule has 1 aromatic carbocycles. The van der Waals surface area contributed by atoms with Crippen LogP contribution in [-0.4, -0.2) is 66.0 Å². The normalized spacial score (nSPS) is 18.5. The van der Waals surface area contributed by atoms with Gasteiger partial charge in [0, 0.05) is 44.5 Å². The molecule has 2 heterocycles. The SMILES string of the molecule is CC(=O)NCCCC1(NC(=O)c2cc3c(Cl)c(C)ccc3n2C)CCCN(S(=O)(=O)NC(=O)OC(C)(C)C)C1. The van der Waals surface area contributed by atoms with Gasteiger partial charge in [0.1, 0.15) is 11.3 Å². The zero-order chi connectivity index (χ0) is 29.2. The largest absolute Gasteiger partial charge is 0.443 e. The van der Waals surface area contributed by atoms with Gasteiger partial charge in [0.05, 0.1) is 10.6 Å². The van der Waals surface area contributed by atoms with E-state index in [1.165, 1.54) is 6.92 Å². The Morgan fingerprint density at radius 2 is 1.90 bits per heavy atom. The number of carbonyl (C=O) groups excluding carboxylic acids is 3. The van der Waals surface area contributed by atoms with E-state index in [1.807, 2.05) is 23.8 Å². The van der Waals surface area contributed by atoms with Crippen LogP contribution >= 0.6 is 11.6 Å². The first-order valence-electron chi connectivity index (χ1n) is 12.9. The van der Waals surface area contributed by atoms with E-state index in [9.17, 15) is 22.8 Å². The van der Waals surface area contributed by atoms with Gasteiger partial charge in [-0.2, -0.15) is 12.7 Å². The Morgan fingerprint density at radius 3 is 2.54 bits per heavy atom. The van der Waals surface area contributed by atoms with Crippen LogP contribution in [0, 0.1) is 6.92 Å². The molecule has 3 N–H and O–H groups in total. The first-order chi connectivity index (χ1) is 18.0. The van der Waals surface area contributed by atoms with Gasteiger partial charge in [-0.3, -0.25) is 9.59 Å². The second kappa shape index (κ2) is 11.7. The number of benzene rings is 1. The summed E-state index contributed by atoms with van der Waals surface area (Å²) in [5, 5.41) is 7.15. The molecular formula is C26H38ClN5O6S. The van der Waals surface area contributed by atoms with Crippen molar-refractivity contribution in [1.82, 2.24) is 24.2 Å². The summed E-state index contributed by atoms with van der Waals surface area (Å²) in [6, 6.07) is 5.51. The molecule has 13 heteroatoms. The minimum absolute atomic E-state index is 0.0548. The summed E-state index contributed by atoms with van der Waals surface area (Å²) in [7, 11) is -2.47. The number of amides is 3. The first-order valence-corrected chi connectivity index (χ1v) is 14.7. The third-order valence-electron chi connectivity index (χ3n) is 6.66. The van der Waals surface area contributed by atoms with E-state index in [2.05, 4.69) is 10.6 Å². The van der Waals surface area contributed by atoms with Gasteiger partial charge < -0.3 is 19.9 Å². The van der Waals surface area contributed by atoms with E-state index < -0.39 is 27.4 Å². The number of carbonyl (C=O) groups is 3. The van der Waals surface area contributed by atoms with Crippen molar-refractivity contribution in [2.24, 2.45) is 7.05 Å². The summed E-state index contributed by atoms with van der Waals surface area (Å²) < 4.78 is 36.2. The molecule has 0 spiro atoms. The van der Waals surface area contributed by atoms with Crippen molar-refractivity contribution < 1.29 is 27.5 Å². The topological polar surface area (TPSA) is 139 Å². The van der Waals surface area contributed by atoms with Gasteiger partial charge in [0.15, 0.2) is 0 Å².